The average molecular weight is 789 g/mol. The third kappa shape index (κ3) is 8.10. The minimum Gasteiger partial charge on any atom is -0.493 e. The molecule has 0 aliphatic carbocycles. The van der Waals surface area contributed by atoms with Gasteiger partial charge in [0.05, 0.1) is 33.0 Å². The molecule has 2 heterocycles. The molecule has 1 fully saturated rings. The number of amides is 1. The van der Waals surface area contributed by atoms with Crippen molar-refractivity contribution in [1.82, 2.24) is 10.2 Å². The number of halogens is 5. The third-order valence-corrected chi connectivity index (χ3v) is 10.7. The zero-order valence-corrected chi connectivity index (χ0v) is 31.5. The number of aliphatic hydroxyl groups is 1. The largest absolute Gasteiger partial charge is 0.493 e. The number of aliphatic hydroxyl groups excluding tert-OH is 1. The van der Waals surface area contributed by atoms with E-state index in [0.29, 0.717) is 35.7 Å². The first-order chi connectivity index (χ1) is 27.5. The van der Waals surface area contributed by atoms with Crippen molar-refractivity contribution in [1.29, 1.82) is 0 Å². The van der Waals surface area contributed by atoms with Crippen LogP contribution in [0.2, 0.25) is 0 Å². The van der Waals surface area contributed by atoms with Crippen molar-refractivity contribution in [2.45, 2.75) is 51.5 Å². The van der Waals surface area contributed by atoms with Crippen LogP contribution in [0.5, 0.6) is 11.5 Å². The summed E-state index contributed by atoms with van der Waals surface area (Å²) in [4.78, 5) is 15.1. The van der Waals surface area contributed by atoms with Crippen molar-refractivity contribution in [3.05, 3.63) is 153 Å². The fourth-order valence-electron chi connectivity index (χ4n) is 7.52. The second-order valence-electron chi connectivity index (χ2n) is 14.2. The molecular weight excluding hydrogens is 747 g/mol. The van der Waals surface area contributed by atoms with Gasteiger partial charge in [-0.1, -0.05) is 79.7 Å². The average Bonchev–Trinajstić information content (AvgIpc) is 3.24. The van der Waals surface area contributed by atoms with E-state index in [2.05, 4.69) is 17.1 Å². The van der Waals surface area contributed by atoms with Gasteiger partial charge in [0.15, 0.2) is 41.1 Å². The van der Waals surface area contributed by atoms with Gasteiger partial charge >= 0.3 is 0 Å². The molecule has 4 atom stereocenters. The molecule has 2 aliphatic rings. The molecule has 5 aromatic carbocycles. The van der Waals surface area contributed by atoms with Crippen LogP contribution < -0.4 is 14.8 Å². The van der Waals surface area contributed by atoms with E-state index in [-0.39, 0.29) is 31.3 Å². The highest BCUT2D eigenvalue weighted by atomic mass is 19.2. The summed E-state index contributed by atoms with van der Waals surface area (Å²) in [6, 6.07) is 26.2. The van der Waals surface area contributed by atoms with Crippen LogP contribution in [-0.4, -0.2) is 49.3 Å². The number of methoxy groups -OCH3 is 2. The summed E-state index contributed by atoms with van der Waals surface area (Å²) in [6.45, 7) is 3.95. The zero-order valence-electron chi connectivity index (χ0n) is 31.5. The molecule has 0 radical (unpaired) electrons. The van der Waals surface area contributed by atoms with Gasteiger partial charge in [0.1, 0.15) is 5.56 Å². The van der Waals surface area contributed by atoms with Crippen LogP contribution in [0.15, 0.2) is 84.9 Å². The Morgan fingerprint density at radius 3 is 2.07 bits per heavy atom. The molecule has 4 unspecified atom stereocenters. The van der Waals surface area contributed by atoms with Crippen LogP contribution in [0.3, 0.4) is 0 Å². The molecule has 0 aromatic heterocycles. The monoisotopic (exact) mass is 788 g/mol. The summed E-state index contributed by atoms with van der Waals surface area (Å²) in [5, 5.41) is 11.9. The van der Waals surface area contributed by atoms with Gasteiger partial charge in [-0.05, 0) is 57.5 Å². The molecule has 298 valence electrons. The number of hydrogen-bond acceptors (Lipinski definition) is 7. The maximum Gasteiger partial charge on any atom is 0.257 e. The first-order valence-corrected chi connectivity index (χ1v) is 18.5. The van der Waals surface area contributed by atoms with E-state index < -0.39 is 46.8 Å². The van der Waals surface area contributed by atoms with E-state index in [1.165, 1.54) is 11.1 Å². The molecule has 13 heteroatoms. The second-order valence-corrected chi connectivity index (χ2v) is 14.2. The molecule has 1 amide bonds. The fourth-order valence-corrected chi connectivity index (χ4v) is 7.52. The number of fused-ring (bicyclic) bond motifs is 1. The van der Waals surface area contributed by atoms with Crippen molar-refractivity contribution < 1.29 is 50.8 Å². The van der Waals surface area contributed by atoms with Gasteiger partial charge in [0.25, 0.3) is 5.91 Å². The lowest BCUT2D eigenvalue weighted by Crippen LogP contribution is -2.45. The predicted molar refractivity (Wildman–Crippen MR) is 201 cm³/mol. The van der Waals surface area contributed by atoms with Gasteiger partial charge in [-0.3, -0.25) is 9.69 Å². The van der Waals surface area contributed by atoms with E-state index in [4.69, 9.17) is 18.9 Å². The van der Waals surface area contributed by atoms with E-state index >= 15 is 0 Å². The topological polar surface area (TPSA) is 89.5 Å². The highest BCUT2D eigenvalue weighted by Gasteiger charge is 2.39. The lowest BCUT2D eigenvalue weighted by atomic mass is 9.89. The van der Waals surface area contributed by atoms with Gasteiger partial charge in [-0.15, -0.1) is 0 Å². The van der Waals surface area contributed by atoms with E-state index in [9.17, 15) is 31.9 Å². The lowest BCUT2D eigenvalue weighted by Gasteiger charge is -2.43. The Bertz CT molecular complexity index is 2230. The molecule has 2 N–H and O–H groups in total. The Kier molecular flexibility index (Phi) is 11.9. The van der Waals surface area contributed by atoms with Gasteiger partial charge in [-0.25, -0.2) is 22.0 Å². The van der Waals surface area contributed by atoms with Gasteiger partial charge < -0.3 is 29.4 Å². The van der Waals surface area contributed by atoms with Crippen LogP contribution in [-0.2, 0) is 35.6 Å². The molecule has 2 aliphatic heterocycles. The smallest absolute Gasteiger partial charge is 0.257 e. The molecule has 5 aromatic rings. The van der Waals surface area contributed by atoms with Gasteiger partial charge in [0.2, 0.25) is 5.82 Å². The summed E-state index contributed by atoms with van der Waals surface area (Å²) in [7, 11) is 3.25. The Morgan fingerprint density at radius 2 is 1.42 bits per heavy atom. The maximum absolute atomic E-state index is 14.3. The minimum absolute atomic E-state index is 0.0424. The quantitative estimate of drug-likeness (QED) is 0.0791. The van der Waals surface area contributed by atoms with Crippen molar-refractivity contribution in [2.75, 3.05) is 27.3 Å². The Labute approximate surface area is 326 Å². The standard InChI is InChI=1S/C44H41F5N2O6/c1-24-35(22-51-17-16-29-18-33(54-2)34(55-3)19-31(29)21-51)56-44(57-42(24)27-10-8-25(23-52)9-11-27)28-14-12-26(13-15-28)32-7-5-4-6-30(32)20-50-43(53)36-37(45)39(47)41(49)40(48)38(36)46/h4-15,18-19,24,35,42,44,52H,16-17,20-23H2,1-3H3,(H,50,53). The molecule has 57 heavy (non-hydrogen) atoms. The number of nitrogens with one attached hydrogen (secondary N) is 1. The summed E-state index contributed by atoms with van der Waals surface area (Å²) in [6.07, 6.45) is -0.452. The molecule has 0 saturated carbocycles. The number of nitrogens with zero attached hydrogens (tertiary/aromatic N) is 1. The first kappa shape index (κ1) is 39.9. The second kappa shape index (κ2) is 17.0. The van der Waals surface area contributed by atoms with Crippen LogP contribution in [0, 0.1) is 35.0 Å². The van der Waals surface area contributed by atoms with Crippen LogP contribution >= 0.6 is 0 Å². The molecule has 8 nitrogen and oxygen atoms in total. The van der Waals surface area contributed by atoms with Crippen molar-refractivity contribution >= 4 is 5.91 Å². The number of rotatable bonds is 11. The lowest BCUT2D eigenvalue weighted by molar-refractivity contribution is -0.276. The minimum atomic E-state index is -2.34. The summed E-state index contributed by atoms with van der Waals surface area (Å²) < 4.78 is 94.2. The highest BCUT2D eigenvalue weighted by Crippen LogP contribution is 2.43. The SMILES string of the molecule is COc1cc2c(cc1OC)CN(CC1OC(c3ccc(-c4ccccc4CNC(=O)c4c(F)c(F)c(F)c(F)c4F)cc3)OC(c3ccc(CO)cc3)C1C)CC2. The Hall–Kier alpha value is -5.34. The van der Waals surface area contributed by atoms with Crippen LogP contribution in [0.1, 0.15) is 63.1 Å². The van der Waals surface area contributed by atoms with E-state index in [0.717, 1.165) is 35.2 Å². The van der Waals surface area contributed by atoms with Crippen molar-refractivity contribution in [3.63, 3.8) is 0 Å². The summed E-state index contributed by atoms with van der Waals surface area (Å²) >= 11 is 0. The van der Waals surface area contributed by atoms with Gasteiger partial charge in [0, 0.05) is 37.7 Å². The molecule has 0 bridgehead atoms. The molecule has 0 spiro atoms. The number of benzene rings is 5. The summed E-state index contributed by atoms with van der Waals surface area (Å²) in [5.74, 6) is -11.2. The normalized spacial score (nSPS) is 19.5. The fraction of sp³-hybridized carbons (Fsp3) is 0.295. The Morgan fingerprint density at radius 1 is 0.807 bits per heavy atom. The van der Waals surface area contributed by atoms with Crippen molar-refractivity contribution in [3.8, 4) is 22.6 Å². The number of hydrogen-bond donors (Lipinski definition) is 2. The number of ether oxygens (including phenoxy) is 4. The van der Waals surface area contributed by atoms with Crippen LogP contribution in [0.4, 0.5) is 22.0 Å². The highest BCUT2D eigenvalue weighted by molar-refractivity contribution is 5.95. The zero-order chi connectivity index (χ0) is 40.4. The summed E-state index contributed by atoms with van der Waals surface area (Å²) in [5.41, 5.74) is 5.26. The van der Waals surface area contributed by atoms with Crippen LogP contribution in [0.25, 0.3) is 11.1 Å². The number of carbonyl (C=O) groups is 1. The molecular formula is C44H41F5N2O6. The maximum atomic E-state index is 14.3. The third-order valence-electron chi connectivity index (χ3n) is 10.7. The first-order valence-electron chi connectivity index (χ1n) is 18.5. The molecule has 7 rings (SSSR count). The van der Waals surface area contributed by atoms with E-state index in [1.54, 1.807) is 38.5 Å². The molecule has 1 saturated heterocycles. The van der Waals surface area contributed by atoms with Crippen molar-refractivity contribution in [2.24, 2.45) is 5.92 Å². The van der Waals surface area contributed by atoms with E-state index in [1.807, 2.05) is 60.7 Å². The Balaban J connectivity index is 1.11. The van der Waals surface area contributed by atoms with Gasteiger partial charge in [-0.2, -0.15) is 0 Å². The predicted octanol–water partition coefficient (Wildman–Crippen LogP) is 8.34. The number of carbonyl (C=O) groups excluding carboxylic acids is 1.